The Hall–Kier alpha value is -0.940. The molecule has 0 aromatic carbocycles. The van der Waals surface area contributed by atoms with Gasteiger partial charge in [-0.15, -0.1) is 0 Å². The van der Waals surface area contributed by atoms with E-state index in [0.717, 1.165) is 6.42 Å². The Bertz CT molecular complexity index is 358. The molecule has 0 aliphatic heterocycles. The highest BCUT2D eigenvalue weighted by molar-refractivity contribution is 5.06. The van der Waals surface area contributed by atoms with Gasteiger partial charge in [0, 0.05) is 12.0 Å². The zero-order valence-electron chi connectivity index (χ0n) is 11.4. The first-order valence-corrected chi connectivity index (χ1v) is 6.04. The second kappa shape index (κ2) is 5.14. The zero-order chi connectivity index (χ0) is 13.1. The first-order valence-electron chi connectivity index (χ1n) is 6.04. The summed E-state index contributed by atoms with van der Waals surface area (Å²) in [6.45, 7) is 11.0. The Morgan fingerprint density at radius 3 is 2.47 bits per heavy atom. The number of nitrogens with two attached hydrogens (primary N) is 1. The third kappa shape index (κ3) is 3.26. The van der Waals surface area contributed by atoms with Gasteiger partial charge in [-0.05, 0) is 20.3 Å². The largest absolute Gasteiger partial charge is 0.379 e. The van der Waals surface area contributed by atoms with Gasteiger partial charge in [-0.1, -0.05) is 25.9 Å². The summed E-state index contributed by atoms with van der Waals surface area (Å²) in [5, 5.41) is 3.96. The van der Waals surface area contributed by atoms with E-state index in [-0.39, 0.29) is 5.41 Å². The Balaban J connectivity index is 2.87. The Morgan fingerprint density at radius 1 is 1.29 bits per heavy atom. The van der Waals surface area contributed by atoms with Gasteiger partial charge in [-0.3, -0.25) is 0 Å². The fraction of sp³-hybridized carbons (Fsp3) is 0.833. The van der Waals surface area contributed by atoms with E-state index in [2.05, 4.69) is 30.9 Å². The molecule has 0 saturated carbocycles. The summed E-state index contributed by atoms with van der Waals surface area (Å²) in [7, 11) is 0. The molecule has 1 unspecified atom stereocenters. The van der Waals surface area contributed by atoms with E-state index >= 15 is 0 Å². The summed E-state index contributed by atoms with van der Waals surface area (Å²) in [6.07, 6.45) is 0.932. The van der Waals surface area contributed by atoms with Crippen molar-refractivity contribution in [1.29, 1.82) is 0 Å². The zero-order valence-corrected chi connectivity index (χ0v) is 11.4. The maximum Gasteiger partial charge on any atom is 0.232 e. The number of aromatic nitrogens is 2. The first-order chi connectivity index (χ1) is 7.83. The van der Waals surface area contributed by atoms with Gasteiger partial charge in [0.1, 0.15) is 5.54 Å². The van der Waals surface area contributed by atoms with E-state index in [1.165, 1.54) is 0 Å². The van der Waals surface area contributed by atoms with Crippen molar-refractivity contribution in [2.75, 3.05) is 13.2 Å². The van der Waals surface area contributed by atoms with Crippen LogP contribution >= 0.6 is 0 Å². The van der Waals surface area contributed by atoms with Crippen LogP contribution in [0.15, 0.2) is 4.52 Å². The van der Waals surface area contributed by atoms with Crippen LogP contribution in [0.25, 0.3) is 0 Å². The molecule has 1 rings (SSSR count). The van der Waals surface area contributed by atoms with Gasteiger partial charge in [-0.2, -0.15) is 4.98 Å². The molecule has 0 aliphatic carbocycles. The highest BCUT2D eigenvalue weighted by atomic mass is 16.5. The van der Waals surface area contributed by atoms with E-state index in [0.29, 0.717) is 24.9 Å². The second-order valence-electron chi connectivity index (χ2n) is 5.22. The minimum Gasteiger partial charge on any atom is -0.379 e. The van der Waals surface area contributed by atoms with Crippen molar-refractivity contribution >= 4 is 0 Å². The smallest absolute Gasteiger partial charge is 0.232 e. The normalized spacial score (nSPS) is 15.9. The predicted octanol–water partition coefficient (Wildman–Crippen LogP) is 1.97. The fourth-order valence-corrected chi connectivity index (χ4v) is 1.26. The maximum absolute atomic E-state index is 6.11. The lowest BCUT2D eigenvalue weighted by atomic mass is 9.90. The Labute approximate surface area is 103 Å². The van der Waals surface area contributed by atoms with Gasteiger partial charge in [0.15, 0.2) is 5.82 Å². The fourth-order valence-electron chi connectivity index (χ4n) is 1.26. The number of hydrogen-bond acceptors (Lipinski definition) is 5. The van der Waals surface area contributed by atoms with Crippen LogP contribution in [0, 0.1) is 0 Å². The average Bonchev–Trinajstić information content (AvgIpc) is 2.77. The van der Waals surface area contributed by atoms with Crippen molar-refractivity contribution in [2.24, 2.45) is 5.73 Å². The molecule has 0 aliphatic rings. The molecule has 0 amide bonds. The first kappa shape index (κ1) is 14.1. The monoisotopic (exact) mass is 241 g/mol. The molecule has 0 saturated heterocycles. The van der Waals surface area contributed by atoms with E-state index in [1.807, 2.05) is 13.8 Å². The molecule has 2 N–H and O–H groups in total. The van der Waals surface area contributed by atoms with Crippen LogP contribution in [0.4, 0.5) is 0 Å². The Morgan fingerprint density at radius 2 is 1.94 bits per heavy atom. The summed E-state index contributed by atoms with van der Waals surface area (Å²) >= 11 is 0. The lowest BCUT2D eigenvalue weighted by molar-refractivity contribution is 0.0962. The van der Waals surface area contributed by atoms with Gasteiger partial charge < -0.3 is 15.0 Å². The third-order valence-corrected chi connectivity index (χ3v) is 3.01. The standard InChI is InChI=1S/C12H23N3O2/c1-6-11(3,4)10-14-9(15-17-10)12(5,13)8-16-7-2/h6-8,13H2,1-5H3. The van der Waals surface area contributed by atoms with E-state index in [4.69, 9.17) is 15.0 Å². The number of ether oxygens (including phenoxy) is 1. The van der Waals surface area contributed by atoms with Gasteiger partial charge >= 0.3 is 0 Å². The van der Waals surface area contributed by atoms with Crippen molar-refractivity contribution in [3.63, 3.8) is 0 Å². The molecule has 98 valence electrons. The lowest BCUT2D eigenvalue weighted by Gasteiger charge is -2.20. The van der Waals surface area contributed by atoms with Gasteiger partial charge in [-0.25, -0.2) is 0 Å². The number of hydrogen-bond donors (Lipinski definition) is 1. The highest BCUT2D eigenvalue weighted by Gasteiger charge is 2.32. The van der Waals surface area contributed by atoms with Crippen molar-refractivity contribution in [3.8, 4) is 0 Å². The predicted molar refractivity (Wildman–Crippen MR) is 65.6 cm³/mol. The summed E-state index contributed by atoms with van der Waals surface area (Å²) in [5.41, 5.74) is 5.29. The van der Waals surface area contributed by atoms with Crippen LogP contribution in [0.5, 0.6) is 0 Å². The summed E-state index contributed by atoms with van der Waals surface area (Å²) < 4.78 is 10.6. The molecule has 1 aromatic rings. The van der Waals surface area contributed by atoms with Crippen LogP contribution in [-0.2, 0) is 15.7 Å². The minimum absolute atomic E-state index is 0.118. The van der Waals surface area contributed by atoms with Crippen LogP contribution in [-0.4, -0.2) is 23.4 Å². The molecule has 0 spiro atoms. The van der Waals surface area contributed by atoms with Crippen LogP contribution in [0.2, 0.25) is 0 Å². The quantitative estimate of drug-likeness (QED) is 0.824. The average molecular weight is 241 g/mol. The van der Waals surface area contributed by atoms with E-state index in [1.54, 1.807) is 0 Å². The molecule has 1 aromatic heterocycles. The van der Waals surface area contributed by atoms with Crippen molar-refractivity contribution in [3.05, 3.63) is 11.7 Å². The summed E-state index contributed by atoms with van der Waals surface area (Å²) in [6, 6.07) is 0. The van der Waals surface area contributed by atoms with Crippen molar-refractivity contribution in [2.45, 2.75) is 52.0 Å². The molecule has 0 bridgehead atoms. The second-order valence-corrected chi connectivity index (χ2v) is 5.22. The molecule has 0 fully saturated rings. The van der Waals surface area contributed by atoms with Gasteiger partial charge in [0.2, 0.25) is 5.89 Å². The number of rotatable bonds is 6. The molecule has 5 nitrogen and oxygen atoms in total. The molecular formula is C12H23N3O2. The van der Waals surface area contributed by atoms with Crippen LogP contribution < -0.4 is 5.73 Å². The molecule has 1 atom stereocenters. The van der Waals surface area contributed by atoms with E-state index in [9.17, 15) is 0 Å². The van der Waals surface area contributed by atoms with Gasteiger partial charge in [0.05, 0.1) is 6.61 Å². The van der Waals surface area contributed by atoms with Crippen molar-refractivity contribution in [1.82, 2.24) is 10.1 Å². The molecular weight excluding hydrogens is 218 g/mol. The molecule has 0 radical (unpaired) electrons. The highest BCUT2D eigenvalue weighted by Crippen LogP contribution is 2.26. The molecule has 5 heteroatoms. The minimum atomic E-state index is -0.707. The van der Waals surface area contributed by atoms with Crippen molar-refractivity contribution < 1.29 is 9.26 Å². The molecule has 1 heterocycles. The van der Waals surface area contributed by atoms with E-state index < -0.39 is 5.54 Å². The van der Waals surface area contributed by atoms with Crippen LogP contribution in [0.1, 0.15) is 52.8 Å². The summed E-state index contributed by atoms with van der Waals surface area (Å²) in [5.74, 6) is 1.13. The topological polar surface area (TPSA) is 74.2 Å². The number of nitrogens with zero attached hydrogens (tertiary/aromatic N) is 2. The van der Waals surface area contributed by atoms with Crippen LogP contribution in [0.3, 0.4) is 0 Å². The SMILES string of the molecule is CCOCC(C)(N)c1noc(C(C)(C)CC)n1. The molecule has 17 heavy (non-hydrogen) atoms. The summed E-state index contributed by atoms with van der Waals surface area (Å²) in [4.78, 5) is 4.39. The Kier molecular flexibility index (Phi) is 4.27. The lowest BCUT2D eigenvalue weighted by Crippen LogP contribution is -2.39. The maximum atomic E-state index is 6.11. The third-order valence-electron chi connectivity index (χ3n) is 3.01. The van der Waals surface area contributed by atoms with Gasteiger partial charge in [0.25, 0.3) is 0 Å².